The predicted octanol–water partition coefficient (Wildman–Crippen LogP) is 3.44. The molecule has 2 nitrogen and oxygen atoms in total. The second-order valence-corrected chi connectivity index (χ2v) is 5.89. The third kappa shape index (κ3) is 4.98. The summed E-state index contributed by atoms with van der Waals surface area (Å²) in [6, 6.07) is 0. The van der Waals surface area contributed by atoms with Gasteiger partial charge in [0.1, 0.15) is 5.51 Å². The van der Waals surface area contributed by atoms with E-state index in [9.17, 15) is 0 Å². The summed E-state index contributed by atoms with van der Waals surface area (Å²) in [6.45, 7) is 2.29. The zero-order chi connectivity index (χ0) is 9.52. The number of halogens is 1. The molecule has 1 rings (SSSR count). The van der Waals surface area contributed by atoms with Crippen molar-refractivity contribution in [1.29, 1.82) is 0 Å². The molecule has 0 spiro atoms. The molecular weight excluding hydrogens is 268 g/mol. The largest absolute Gasteiger partial charge is 0.174 e. The van der Waals surface area contributed by atoms with E-state index < -0.39 is 0 Å². The molecule has 5 heteroatoms. The summed E-state index contributed by atoms with van der Waals surface area (Å²) in [7, 11) is 0. The second kappa shape index (κ2) is 6.79. The van der Waals surface area contributed by atoms with Crippen molar-refractivity contribution >= 4 is 39.0 Å². The monoisotopic (exact) mass is 280 g/mol. The minimum Gasteiger partial charge on any atom is -0.146 e. The summed E-state index contributed by atoms with van der Waals surface area (Å²) < 4.78 is 1.09. The maximum absolute atomic E-state index is 3.98. The molecule has 0 saturated heterocycles. The molecule has 0 aromatic carbocycles. The molecule has 74 valence electrons. The Balaban J connectivity index is 2.07. The zero-order valence-electron chi connectivity index (χ0n) is 7.57. The molecule has 0 bridgehead atoms. The van der Waals surface area contributed by atoms with Gasteiger partial charge in [-0.2, -0.15) is 0 Å². The maximum Gasteiger partial charge on any atom is 0.174 e. The molecule has 1 aromatic heterocycles. The number of hydrogen-bond donors (Lipinski definition) is 0. The van der Waals surface area contributed by atoms with Crippen molar-refractivity contribution in [3.05, 3.63) is 5.51 Å². The molecular formula is C8H13BrN2S2. The lowest BCUT2D eigenvalue weighted by Gasteiger charge is -2.06. The van der Waals surface area contributed by atoms with Crippen LogP contribution in [0, 0.1) is 5.92 Å². The first kappa shape index (κ1) is 11.5. The van der Waals surface area contributed by atoms with E-state index in [0.29, 0.717) is 0 Å². The standard InChI is InChI=1S/C8H13BrN2S2/c1-7(2-4-9)3-5-12-8-11-10-6-13-8/h6-7H,2-5H2,1H3. The Morgan fingerprint density at radius 2 is 2.46 bits per heavy atom. The van der Waals surface area contributed by atoms with E-state index in [1.165, 1.54) is 12.8 Å². The van der Waals surface area contributed by atoms with E-state index in [1.54, 1.807) is 16.8 Å². The lowest BCUT2D eigenvalue weighted by molar-refractivity contribution is 0.555. The first-order chi connectivity index (χ1) is 6.33. The fourth-order valence-corrected chi connectivity index (χ4v) is 3.42. The van der Waals surface area contributed by atoms with Crippen molar-refractivity contribution in [3.8, 4) is 0 Å². The van der Waals surface area contributed by atoms with Crippen LogP contribution in [-0.4, -0.2) is 21.3 Å². The number of alkyl halides is 1. The molecule has 0 aliphatic rings. The Kier molecular flexibility index (Phi) is 5.98. The summed E-state index contributed by atoms with van der Waals surface area (Å²) in [5, 5.41) is 8.89. The van der Waals surface area contributed by atoms with Crippen molar-refractivity contribution < 1.29 is 0 Å². The smallest absolute Gasteiger partial charge is 0.146 e. The van der Waals surface area contributed by atoms with E-state index in [1.807, 2.05) is 11.8 Å². The fraction of sp³-hybridized carbons (Fsp3) is 0.750. The normalized spacial score (nSPS) is 13.1. The van der Waals surface area contributed by atoms with Gasteiger partial charge in [0, 0.05) is 11.1 Å². The van der Waals surface area contributed by atoms with E-state index in [4.69, 9.17) is 0 Å². The van der Waals surface area contributed by atoms with Gasteiger partial charge in [-0.05, 0) is 18.8 Å². The maximum atomic E-state index is 3.98. The lowest BCUT2D eigenvalue weighted by Crippen LogP contribution is -1.96. The number of hydrogen-bond acceptors (Lipinski definition) is 4. The fourth-order valence-electron chi connectivity index (χ4n) is 0.904. The number of thioether (sulfide) groups is 1. The SMILES string of the molecule is CC(CCBr)CCSc1nncs1. The van der Waals surface area contributed by atoms with Gasteiger partial charge in [0.25, 0.3) is 0 Å². The summed E-state index contributed by atoms with van der Waals surface area (Å²) in [6.07, 6.45) is 2.52. The van der Waals surface area contributed by atoms with E-state index in [-0.39, 0.29) is 0 Å². The Hall–Kier alpha value is 0.390. The summed E-state index contributed by atoms with van der Waals surface area (Å²) in [5.41, 5.74) is 1.78. The molecule has 0 aliphatic heterocycles. The number of aromatic nitrogens is 2. The minimum atomic E-state index is 0.805. The minimum absolute atomic E-state index is 0.805. The highest BCUT2D eigenvalue weighted by Crippen LogP contribution is 2.22. The van der Waals surface area contributed by atoms with Gasteiger partial charge in [-0.1, -0.05) is 46.0 Å². The van der Waals surface area contributed by atoms with Crippen LogP contribution >= 0.6 is 39.0 Å². The zero-order valence-corrected chi connectivity index (χ0v) is 10.8. The molecule has 1 heterocycles. The van der Waals surface area contributed by atoms with Gasteiger partial charge in [0.15, 0.2) is 4.34 Å². The third-order valence-electron chi connectivity index (χ3n) is 1.78. The highest BCUT2D eigenvalue weighted by atomic mass is 79.9. The molecule has 1 atom stereocenters. The second-order valence-electron chi connectivity index (χ2n) is 2.92. The van der Waals surface area contributed by atoms with Crippen LogP contribution in [0.5, 0.6) is 0 Å². The van der Waals surface area contributed by atoms with Gasteiger partial charge in [0.05, 0.1) is 0 Å². The van der Waals surface area contributed by atoms with Crippen LogP contribution < -0.4 is 0 Å². The molecule has 0 amide bonds. The summed E-state index contributed by atoms with van der Waals surface area (Å²) in [5.74, 6) is 1.96. The molecule has 1 unspecified atom stereocenters. The highest BCUT2D eigenvalue weighted by Gasteiger charge is 2.02. The van der Waals surface area contributed by atoms with Crippen LogP contribution in [0.2, 0.25) is 0 Å². The molecule has 0 fully saturated rings. The Labute approximate surface area is 95.7 Å². The molecule has 13 heavy (non-hydrogen) atoms. The van der Waals surface area contributed by atoms with Crippen molar-refractivity contribution in [2.75, 3.05) is 11.1 Å². The van der Waals surface area contributed by atoms with E-state index in [0.717, 1.165) is 21.3 Å². The van der Waals surface area contributed by atoms with E-state index in [2.05, 4.69) is 33.1 Å². The Morgan fingerprint density at radius 1 is 1.62 bits per heavy atom. The van der Waals surface area contributed by atoms with Crippen molar-refractivity contribution in [1.82, 2.24) is 10.2 Å². The van der Waals surface area contributed by atoms with Crippen LogP contribution in [-0.2, 0) is 0 Å². The Bertz CT molecular complexity index is 216. The van der Waals surface area contributed by atoms with Gasteiger partial charge >= 0.3 is 0 Å². The van der Waals surface area contributed by atoms with Crippen LogP contribution in [0.3, 0.4) is 0 Å². The van der Waals surface area contributed by atoms with Crippen LogP contribution in [0.15, 0.2) is 9.85 Å². The van der Waals surface area contributed by atoms with Crippen molar-refractivity contribution in [3.63, 3.8) is 0 Å². The summed E-state index contributed by atoms with van der Waals surface area (Å²) >= 11 is 6.88. The first-order valence-corrected chi connectivity index (χ1v) is 7.26. The Morgan fingerprint density at radius 3 is 3.08 bits per heavy atom. The summed E-state index contributed by atoms with van der Waals surface area (Å²) in [4.78, 5) is 0. The van der Waals surface area contributed by atoms with Gasteiger partial charge in [-0.15, -0.1) is 10.2 Å². The van der Waals surface area contributed by atoms with Gasteiger partial charge in [-0.3, -0.25) is 0 Å². The van der Waals surface area contributed by atoms with Crippen LogP contribution in [0.25, 0.3) is 0 Å². The molecule has 0 aliphatic carbocycles. The van der Waals surface area contributed by atoms with Gasteiger partial charge in [0.2, 0.25) is 0 Å². The van der Waals surface area contributed by atoms with E-state index >= 15 is 0 Å². The van der Waals surface area contributed by atoms with Gasteiger partial charge < -0.3 is 0 Å². The molecule has 0 N–H and O–H groups in total. The lowest BCUT2D eigenvalue weighted by atomic mass is 10.1. The molecule has 0 radical (unpaired) electrons. The van der Waals surface area contributed by atoms with Gasteiger partial charge in [-0.25, -0.2) is 0 Å². The quantitative estimate of drug-likeness (QED) is 0.590. The van der Waals surface area contributed by atoms with Crippen LogP contribution in [0.4, 0.5) is 0 Å². The van der Waals surface area contributed by atoms with Crippen molar-refractivity contribution in [2.24, 2.45) is 5.92 Å². The third-order valence-corrected chi connectivity index (χ3v) is 4.13. The number of rotatable bonds is 6. The van der Waals surface area contributed by atoms with Crippen molar-refractivity contribution in [2.45, 2.75) is 24.1 Å². The number of nitrogens with zero attached hydrogens (tertiary/aromatic N) is 2. The molecule has 0 saturated carbocycles. The highest BCUT2D eigenvalue weighted by molar-refractivity contribution is 9.09. The topological polar surface area (TPSA) is 25.8 Å². The predicted molar refractivity (Wildman–Crippen MR) is 62.8 cm³/mol. The van der Waals surface area contributed by atoms with Crippen LogP contribution in [0.1, 0.15) is 19.8 Å². The average Bonchev–Trinajstić information content (AvgIpc) is 2.57. The average molecular weight is 281 g/mol. The molecule has 1 aromatic rings. The first-order valence-electron chi connectivity index (χ1n) is 4.28.